The molecule has 0 aromatic carbocycles. The fourth-order valence-corrected chi connectivity index (χ4v) is 1.04. The van der Waals surface area contributed by atoms with Gasteiger partial charge in [0.25, 0.3) is 0 Å². The van der Waals surface area contributed by atoms with Crippen LogP contribution in [0.3, 0.4) is 0 Å². The molecule has 0 aromatic rings. The van der Waals surface area contributed by atoms with Gasteiger partial charge in [-0.2, -0.15) is 0 Å². The van der Waals surface area contributed by atoms with Crippen molar-refractivity contribution in [2.45, 2.75) is 19.8 Å². The van der Waals surface area contributed by atoms with Gasteiger partial charge in [0, 0.05) is 38.1 Å². The van der Waals surface area contributed by atoms with Gasteiger partial charge < -0.3 is 12.3 Å². The maximum Gasteiger partial charge on any atom is 0.222 e. The summed E-state index contributed by atoms with van der Waals surface area (Å²) >= 11 is 0. The predicted molar refractivity (Wildman–Crippen MR) is 37.9 cm³/mol. The third-order valence-electron chi connectivity index (χ3n) is 1.55. The van der Waals surface area contributed by atoms with Crippen LogP contribution in [0.25, 0.3) is 0 Å². The molecule has 1 radical (unpaired) electrons. The summed E-state index contributed by atoms with van der Waals surface area (Å²) in [6, 6.07) is 0. The zero-order valence-electron chi connectivity index (χ0n) is 6.63. The number of nitrogens with zero attached hydrogens (tertiary/aromatic N) is 1. The SMILES string of the molecule is CCN1CCCC1=O.[CH3-].[V]. The van der Waals surface area contributed by atoms with Crippen LogP contribution in [0.5, 0.6) is 0 Å². The third-order valence-corrected chi connectivity index (χ3v) is 1.55. The van der Waals surface area contributed by atoms with Crippen molar-refractivity contribution < 1.29 is 23.4 Å². The topological polar surface area (TPSA) is 20.3 Å². The normalized spacial score (nSPS) is 16.1. The standard InChI is InChI=1S/C6H11NO.CH3.V/c1-2-7-5-3-4-6(7)8;;/h2-5H2,1H3;1H3;/q;-1;. The second-order valence-electron chi connectivity index (χ2n) is 2.08. The molecule has 3 heteroatoms. The molecule has 1 saturated heterocycles. The molecule has 1 heterocycles. The van der Waals surface area contributed by atoms with E-state index in [1.165, 1.54) is 0 Å². The van der Waals surface area contributed by atoms with Gasteiger partial charge in [0.2, 0.25) is 5.91 Å². The maximum absolute atomic E-state index is 10.7. The predicted octanol–water partition coefficient (Wildman–Crippen LogP) is 1.08. The molecule has 0 N–H and O–H groups in total. The van der Waals surface area contributed by atoms with E-state index in [2.05, 4.69) is 0 Å². The second kappa shape index (κ2) is 5.81. The Bertz CT molecular complexity index is 106. The molecule has 0 aromatic heterocycles. The summed E-state index contributed by atoms with van der Waals surface area (Å²) in [6.45, 7) is 3.89. The smallest absolute Gasteiger partial charge is 0.222 e. The first kappa shape index (κ1) is 12.7. The molecule has 10 heavy (non-hydrogen) atoms. The number of rotatable bonds is 1. The minimum absolute atomic E-state index is 0. The van der Waals surface area contributed by atoms with E-state index in [4.69, 9.17) is 0 Å². The molecular formula is C7H14NOV-. The number of carbonyl (C=O) groups is 1. The fraction of sp³-hybridized carbons (Fsp3) is 0.714. The van der Waals surface area contributed by atoms with Gasteiger partial charge in [-0.3, -0.25) is 4.79 Å². The van der Waals surface area contributed by atoms with Gasteiger partial charge in [-0.1, -0.05) is 0 Å². The van der Waals surface area contributed by atoms with E-state index in [-0.39, 0.29) is 26.0 Å². The van der Waals surface area contributed by atoms with Crippen LogP contribution in [0, 0.1) is 7.43 Å². The molecule has 1 amide bonds. The van der Waals surface area contributed by atoms with E-state index in [0.29, 0.717) is 5.91 Å². The van der Waals surface area contributed by atoms with Crippen molar-refractivity contribution in [3.05, 3.63) is 7.43 Å². The Morgan fingerprint density at radius 1 is 1.60 bits per heavy atom. The molecule has 59 valence electrons. The Labute approximate surface area is 74.9 Å². The van der Waals surface area contributed by atoms with Crippen LogP contribution in [0.15, 0.2) is 0 Å². The number of carbonyl (C=O) groups excluding carboxylic acids is 1. The molecule has 2 nitrogen and oxygen atoms in total. The van der Waals surface area contributed by atoms with Gasteiger partial charge in [0.15, 0.2) is 0 Å². The van der Waals surface area contributed by atoms with E-state index in [1.807, 2.05) is 11.8 Å². The molecule has 0 saturated carbocycles. The van der Waals surface area contributed by atoms with Crippen molar-refractivity contribution in [2.24, 2.45) is 0 Å². The molecule has 1 fully saturated rings. The Balaban J connectivity index is 0. The number of likely N-dealkylation sites (tertiary alicyclic amines) is 1. The first-order chi connectivity index (χ1) is 3.84. The van der Waals surface area contributed by atoms with Crippen LogP contribution < -0.4 is 0 Å². The molecule has 1 aliphatic rings. The Kier molecular flexibility index (Phi) is 7.38. The van der Waals surface area contributed by atoms with Crippen LogP contribution in [-0.2, 0) is 23.4 Å². The first-order valence-electron chi connectivity index (χ1n) is 3.12. The van der Waals surface area contributed by atoms with Gasteiger partial charge in [-0.05, 0) is 13.3 Å². The number of hydrogen-bond donors (Lipinski definition) is 0. The van der Waals surface area contributed by atoms with E-state index < -0.39 is 0 Å². The molecule has 0 spiro atoms. The van der Waals surface area contributed by atoms with E-state index in [1.54, 1.807) is 0 Å². The molecular weight excluding hydrogens is 165 g/mol. The van der Waals surface area contributed by atoms with Crippen molar-refractivity contribution in [1.29, 1.82) is 0 Å². The van der Waals surface area contributed by atoms with Crippen LogP contribution in [-0.4, -0.2) is 23.9 Å². The molecule has 0 atom stereocenters. The van der Waals surface area contributed by atoms with E-state index in [9.17, 15) is 4.79 Å². The molecule has 0 aliphatic carbocycles. The molecule has 1 aliphatic heterocycles. The monoisotopic (exact) mass is 179 g/mol. The molecule has 1 rings (SSSR count). The largest absolute Gasteiger partial charge is 0.358 e. The zero-order valence-corrected chi connectivity index (χ0v) is 8.03. The van der Waals surface area contributed by atoms with Gasteiger partial charge >= 0.3 is 0 Å². The van der Waals surface area contributed by atoms with Gasteiger partial charge in [0.05, 0.1) is 0 Å². The summed E-state index contributed by atoms with van der Waals surface area (Å²) in [5.41, 5.74) is 0. The van der Waals surface area contributed by atoms with Crippen molar-refractivity contribution in [3.8, 4) is 0 Å². The van der Waals surface area contributed by atoms with Gasteiger partial charge in [-0.25, -0.2) is 0 Å². The third kappa shape index (κ3) is 2.76. The number of amides is 1. The van der Waals surface area contributed by atoms with Crippen LogP contribution in [0.1, 0.15) is 19.8 Å². The van der Waals surface area contributed by atoms with Crippen LogP contribution in [0.2, 0.25) is 0 Å². The first-order valence-corrected chi connectivity index (χ1v) is 3.12. The Hall–Kier alpha value is 0.0544. The summed E-state index contributed by atoms with van der Waals surface area (Å²) in [7, 11) is 0. The summed E-state index contributed by atoms with van der Waals surface area (Å²) in [5, 5.41) is 0. The van der Waals surface area contributed by atoms with Crippen molar-refractivity contribution >= 4 is 5.91 Å². The van der Waals surface area contributed by atoms with E-state index >= 15 is 0 Å². The van der Waals surface area contributed by atoms with Crippen LogP contribution in [0.4, 0.5) is 0 Å². The average molecular weight is 179 g/mol. The summed E-state index contributed by atoms with van der Waals surface area (Å²) in [5.74, 6) is 0.326. The zero-order chi connectivity index (χ0) is 5.98. The van der Waals surface area contributed by atoms with Crippen LogP contribution >= 0.6 is 0 Å². The average Bonchev–Trinajstić information content (AvgIpc) is 2.14. The maximum atomic E-state index is 10.7. The fourth-order valence-electron chi connectivity index (χ4n) is 1.04. The van der Waals surface area contributed by atoms with Gasteiger partial charge in [0.1, 0.15) is 0 Å². The summed E-state index contributed by atoms with van der Waals surface area (Å²) in [4.78, 5) is 12.6. The molecule has 0 bridgehead atoms. The summed E-state index contributed by atoms with van der Waals surface area (Å²) < 4.78 is 0. The molecule has 0 unspecified atom stereocenters. The van der Waals surface area contributed by atoms with E-state index in [0.717, 1.165) is 25.9 Å². The quantitative estimate of drug-likeness (QED) is 0.551. The Morgan fingerprint density at radius 3 is 2.40 bits per heavy atom. The van der Waals surface area contributed by atoms with Gasteiger partial charge in [-0.15, -0.1) is 0 Å². The van der Waals surface area contributed by atoms with Crippen molar-refractivity contribution in [2.75, 3.05) is 13.1 Å². The van der Waals surface area contributed by atoms with Crippen molar-refractivity contribution in [3.63, 3.8) is 0 Å². The minimum Gasteiger partial charge on any atom is -0.358 e. The summed E-state index contributed by atoms with van der Waals surface area (Å²) in [6.07, 6.45) is 1.83. The number of hydrogen-bond acceptors (Lipinski definition) is 1. The Morgan fingerprint density at radius 2 is 2.20 bits per heavy atom. The van der Waals surface area contributed by atoms with Crippen molar-refractivity contribution in [1.82, 2.24) is 4.90 Å². The second-order valence-corrected chi connectivity index (χ2v) is 2.08. The minimum atomic E-state index is 0.